The van der Waals surface area contributed by atoms with Gasteiger partial charge in [-0.1, -0.05) is 50.8 Å². The number of aryl methyl sites for hydroxylation is 1. The maximum atomic E-state index is 13.8. The number of piperazine rings is 1. The Morgan fingerprint density at radius 1 is 1.03 bits per heavy atom. The molecule has 1 aliphatic carbocycles. The number of benzene rings is 1. The van der Waals surface area contributed by atoms with Crippen LogP contribution in [0, 0.1) is 13.8 Å². The van der Waals surface area contributed by atoms with Crippen LogP contribution in [0.3, 0.4) is 0 Å². The monoisotopic (exact) mass is 535 g/mol. The Morgan fingerprint density at radius 2 is 1.72 bits per heavy atom. The molecule has 1 saturated carbocycles. The number of carbonyl (C=O) groups is 2. The third-order valence-corrected chi connectivity index (χ3v) is 9.42. The van der Waals surface area contributed by atoms with Crippen molar-refractivity contribution < 1.29 is 14.7 Å². The molecule has 1 aromatic carbocycles. The molecule has 3 fully saturated rings. The van der Waals surface area contributed by atoms with Crippen LogP contribution in [-0.2, 0) is 16.1 Å². The van der Waals surface area contributed by atoms with E-state index in [9.17, 15) is 14.7 Å². The van der Waals surface area contributed by atoms with Crippen LogP contribution >= 0.6 is 0 Å². The molecule has 39 heavy (non-hydrogen) atoms. The summed E-state index contributed by atoms with van der Waals surface area (Å²) < 4.78 is 2.01. The molecule has 1 aromatic heterocycles. The fourth-order valence-electron chi connectivity index (χ4n) is 6.97. The van der Waals surface area contributed by atoms with Gasteiger partial charge in [-0.25, -0.2) is 4.68 Å². The number of carbonyl (C=O) groups excluding carboxylic acids is 2. The van der Waals surface area contributed by atoms with Crippen molar-refractivity contribution in [2.75, 3.05) is 19.6 Å². The zero-order chi connectivity index (χ0) is 27.6. The van der Waals surface area contributed by atoms with Gasteiger partial charge in [-0.15, -0.1) is 0 Å². The minimum Gasteiger partial charge on any atom is -0.390 e. The highest BCUT2D eigenvalue weighted by atomic mass is 16.3. The first kappa shape index (κ1) is 27.8. The van der Waals surface area contributed by atoms with Crippen LogP contribution < -0.4 is 5.32 Å². The molecule has 2 amide bonds. The third kappa shape index (κ3) is 5.50. The minimum atomic E-state index is -0.851. The van der Waals surface area contributed by atoms with Gasteiger partial charge >= 0.3 is 0 Å². The lowest BCUT2D eigenvalue weighted by Crippen LogP contribution is -2.73. The SMILES string of the molecule is CCCCN1C(=O)[C@@H](CC2(O)CCCCC2)NC(=O)C12CCN(Cc1c(C)nn(-c3ccccc3)c1C)CC2. The number of aromatic nitrogens is 2. The summed E-state index contributed by atoms with van der Waals surface area (Å²) in [7, 11) is 0. The highest BCUT2D eigenvalue weighted by Gasteiger charge is 2.54. The Kier molecular flexibility index (Phi) is 8.15. The summed E-state index contributed by atoms with van der Waals surface area (Å²) in [6.45, 7) is 9.16. The van der Waals surface area contributed by atoms with E-state index in [-0.39, 0.29) is 11.8 Å². The molecule has 3 aliphatic rings. The van der Waals surface area contributed by atoms with Crippen LogP contribution in [0.5, 0.6) is 0 Å². The van der Waals surface area contributed by atoms with Crippen molar-refractivity contribution in [2.45, 2.75) is 109 Å². The van der Waals surface area contributed by atoms with Crippen molar-refractivity contribution in [1.29, 1.82) is 0 Å². The van der Waals surface area contributed by atoms with E-state index in [1.54, 1.807) is 0 Å². The Labute approximate surface area is 232 Å². The topological polar surface area (TPSA) is 90.7 Å². The molecular formula is C31H45N5O3. The number of unbranched alkanes of at least 4 members (excludes halogenated alkanes) is 1. The number of nitrogens with one attached hydrogen (secondary N) is 1. The molecule has 8 nitrogen and oxygen atoms in total. The molecule has 1 atom stereocenters. The molecule has 5 rings (SSSR count). The van der Waals surface area contributed by atoms with Gasteiger partial charge in [-0.3, -0.25) is 14.5 Å². The molecule has 0 bridgehead atoms. The summed E-state index contributed by atoms with van der Waals surface area (Å²) in [5.74, 6) is -0.0437. The highest BCUT2D eigenvalue weighted by molar-refractivity contribution is 6.00. The lowest BCUT2D eigenvalue weighted by atomic mass is 9.77. The van der Waals surface area contributed by atoms with Crippen molar-refractivity contribution in [1.82, 2.24) is 24.9 Å². The number of rotatable bonds is 8. The maximum Gasteiger partial charge on any atom is 0.246 e. The third-order valence-electron chi connectivity index (χ3n) is 9.42. The molecule has 212 valence electrons. The normalized spacial score (nSPS) is 23.3. The number of hydrogen-bond donors (Lipinski definition) is 2. The van der Waals surface area contributed by atoms with Crippen LogP contribution in [0.25, 0.3) is 5.69 Å². The second kappa shape index (κ2) is 11.4. The van der Waals surface area contributed by atoms with Gasteiger partial charge in [0, 0.05) is 43.9 Å². The van der Waals surface area contributed by atoms with Crippen LogP contribution in [0.4, 0.5) is 0 Å². The first-order valence-corrected chi connectivity index (χ1v) is 14.9. The van der Waals surface area contributed by atoms with Crippen molar-refractivity contribution in [3.05, 3.63) is 47.3 Å². The molecular weight excluding hydrogens is 490 g/mol. The van der Waals surface area contributed by atoms with Gasteiger partial charge in [0.15, 0.2) is 0 Å². The molecule has 3 heterocycles. The van der Waals surface area contributed by atoms with Gasteiger partial charge in [0.1, 0.15) is 11.6 Å². The number of hydrogen-bond acceptors (Lipinski definition) is 5. The molecule has 2 aromatic rings. The number of piperidine rings is 1. The first-order valence-electron chi connectivity index (χ1n) is 14.9. The van der Waals surface area contributed by atoms with Gasteiger partial charge in [0.25, 0.3) is 0 Å². The molecule has 0 unspecified atom stereocenters. The first-order chi connectivity index (χ1) is 18.8. The largest absolute Gasteiger partial charge is 0.390 e. The zero-order valence-corrected chi connectivity index (χ0v) is 23.9. The summed E-state index contributed by atoms with van der Waals surface area (Å²) in [6, 6.07) is 9.56. The molecule has 1 spiro atoms. The molecule has 8 heteroatoms. The Bertz CT molecular complexity index is 1160. The number of amides is 2. The van der Waals surface area contributed by atoms with Gasteiger partial charge in [0.05, 0.1) is 17.0 Å². The van der Waals surface area contributed by atoms with E-state index in [0.29, 0.717) is 38.6 Å². The van der Waals surface area contributed by atoms with Crippen molar-refractivity contribution >= 4 is 11.8 Å². The van der Waals surface area contributed by atoms with E-state index in [1.807, 2.05) is 27.8 Å². The smallest absolute Gasteiger partial charge is 0.246 e. The van der Waals surface area contributed by atoms with Gasteiger partial charge in [0.2, 0.25) is 11.8 Å². The van der Waals surface area contributed by atoms with Crippen LogP contribution in [0.2, 0.25) is 0 Å². The number of likely N-dealkylation sites (tertiary alicyclic amines) is 1. The Balaban J connectivity index is 1.29. The molecule has 2 aliphatic heterocycles. The van der Waals surface area contributed by atoms with Crippen molar-refractivity contribution in [2.24, 2.45) is 0 Å². The van der Waals surface area contributed by atoms with Crippen LogP contribution in [-0.4, -0.2) is 73.3 Å². The predicted octanol–water partition coefficient (Wildman–Crippen LogP) is 4.04. The summed E-state index contributed by atoms with van der Waals surface area (Å²) in [6.07, 6.45) is 7.91. The van der Waals surface area contributed by atoms with Gasteiger partial charge in [-0.05, 0) is 58.1 Å². The summed E-state index contributed by atoms with van der Waals surface area (Å²) in [5, 5.41) is 19.0. The van der Waals surface area contributed by atoms with Crippen LogP contribution in [0.15, 0.2) is 30.3 Å². The maximum absolute atomic E-state index is 13.8. The number of para-hydroxylation sites is 1. The van der Waals surface area contributed by atoms with E-state index in [2.05, 4.69) is 43.1 Å². The summed E-state index contributed by atoms with van der Waals surface area (Å²) in [4.78, 5) is 31.9. The van der Waals surface area contributed by atoms with Crippen molar-refractivity contribution in [3.63, 3.8) is 0 Å². The fourth-order valence-corrected chi connectivity index (χ4v) is 6.97. The fraction of sp³-hybridized carbons (Fsp3) is 0.645. The number of aliphatic hydroxyl groups is 1. The minimum absolute atomic E-state index is 0.00803. The van der Waals surface area contributed by atoms with Crippen molar-refractivity contribution in [3.8, 4) is 5.69 Å². The summed E-state index contributed by atoms with van der Waals surface area (Å²) in [5.41, 5.74) is 2.79. The second-order valence-corrected chi connectivity index (χ2v) is 12.1. The Morgan fingerprint density at radius 3 is 2.38 bits per heavy atom. The Hall–Kier alpha value is -2.71. The molecule has 2 N–H and O–H groups in total. The van der Waals surface area contributed by atoms with Gasteiger partial charge < -0.3 is 15.3 Å². The predicted molar refractivity (Wildman–Crippen MR) is 151 cm³/mol. The van der Waals surface area contributed by atoms with E-state index in [0.717, 1.165) is 68.8 Å². The lowest BCUT2D eigenvalue weighted by Gasteiger charge is -2.52. The molecule has 2 saturated heterocycles. The average molecular weight is 536 g/mol. The quantitative estimate of drug-likeness (QED) is 0.533. The van der Waals surface area contributed by atoms with E-state index in [4.69, 9.17) is 5.10 Å². The average Bonchev–Trinajstić information content (AvgIpc) is 3.22. The highest BCUT2D eigenvalue weighted by Crippen LogP contribution is 2.38. The lowest BCUT2D eigenvalue weighted by molar-refractivity contribution is -0.163. The van der Waals surface area contributed by atoms with Crippen LogP contribution in [0.1, 0.15) is 88.1 Å². The van der Waals surface area contributed by atoms with E-state index < -0.39 is 17.2 Å². The molecule has 0 radical (unpaired) electrons. The van der Waals surface area contributed by atoms with E-state index >= 15 is 0 Å². The number of nitrogens with zero attached hydrogens (tertiary/aromatic N) is 4. The zero-order valence-electron chi connectivity index (χ0n) is 23.9. The second-order valence-electron chi connectivity index (χ2n) is 12.1. The van der Waals surface area contributed by atoms with Gasteiger partial charge in [-0.2, -0.15) is 5.10 Å². The standard InChI is InChI=1S/C31H45N5O3/c1-4-5-18-35-28(37)27(21-30(39)14-10-7-11-15-30)32-29(38)31(35)16-19-34(20-17-31)22-26-23(2)33-36(24(26)3)25-12-8-6-9-13-25/h6,8-9,12-13,27,39H,4-5,7,10-11,14-22H2,1-3H3,(H,32,38)/t27-/m1/s1. The van der Waals surface area contributed by atoms with E-state index in [1.165, 1.54) is 5.56 Å². The summed E-state index contributed by atoms with van der Waals surface area (Å²) >= 11 is 0.